The number of hydrogen-bond donors (Lipinski definition) is 2. The number of methoxy groups -OCH3 is 1. The van der Waals surface area contributed by atoms with Crippen LogP contribution in [0.25, 0.3) is 0 Å². The fraction of sp³-hybridized carbons (Fsp3) is 0.0870. The van der Waals surface area contributed by atoms with E-state index in [9.17, 15) is 14.4 Å². The van der Waals surface area contributed by atoms with Crippen molar-refractivity contribution in [2.75, 3.05) is 17.7 Å². The first-order valence-corrected chi connectivity index (χ1v) is 9.10. The smallest absolute Gasteiger partial charge is 0.308 e. The zero-order chi connectivity index (χ0) is 21.5. The van der Waals surface area contributed by atoms with Gasteiger partial charge in [-0.1, -0.05) is 18.2 Å². The van der Waals surface area contributed by atoms with E-state index in [-0.39, 0.29) is 11.7 Å². The summed E-state index contributed by atoms with van der Waals surface area (Å²) in [6, 6.07) is 19.8. The van der Waals surface area contributed by atoms with E-state index in [0.29, 0.717) is 28.3 Å². The summed E-state index contributed by atoms with van der Waals surface area (Å²) in [6.07, 6.45) is 0. The molecule has 0 spiro atoms. The quantitative estimate of drug-likeness (QED) is 0.476. The lowest BCUT2D eigenvalue weighted by Gasteiger charge is -2.12. The maximum atomic E-state index is 12.7. The van der Waals surface area contributed by atoms with Gasteiger partial charge in [0.15, 0.2) is 0 Å². The molecule has 0 radical (unpaired) electrons. The highest BCUT2D eigenvalue weighted by Crippen LogP contribution is 2.21. The maximum Gasteiger partial charge on any atom is 0.308 e. The van der Waals surface area contributed by atoms with E-state index in [2.05, 4.69) is 10.6 Å². The van der Waals surface area contributed by atoms with Crippen molar-refractivity contribution < 1.29 is 23.9 Å². The topological polar surface area (TPSA) is 93.7 Å². The third-order valence-corrected chi connectivity index (χ3v) is 4.13. The Morgan fingerprint density at radius 3 is 2.20 bits per heavy atom. The third-order valence-electron chi connectivity index (χ3n) is 4.13. The molecule has 7 heteroatoms. The third kappa shape index (κ3) is 5.23. The minimum Gasteiger partial charge on any atom is -0.497 e. The van der Waals surface area contributed by atoms with Crippen molar-refractivity contribution >= 4 is 29.2 Å². The molecule has 2 N–H and O–H groups in total. The zero-order valence-electron chi connectivity index (χ0n) is 16.5. The number of ether oxygens (including phenoxy) is 2. The van der Waals surface area contributed by atoms with Gasteiger partial charge in [0.25, 0.3) is 11.8 Å². The van der Waals surface area contributed by atoms with Crippen LogP contribution in [0.2, 0.25) is 0 Å². The Morgan fingerprint density at radius 1 is 0.767 bits per heavy atom. The van der Waals surface area contributed by atoms with Gasteiger partial charge in [-0.05, 0) is 54.6 Å². The van der Waals surface area contributed by atoms with Crippen molar-refractivity contribution in [3.63, 3.8) is 0 Å². The van der Waals surface area contributed by atoms with Crippen molar-refractivity contribution in [2.45, 2.75) is 6.92 Å². The number of anilines is 2. The van der Waals surface area contributed by atoms with Crippen molar-refractivity contribution in [3.8, 4) is 11.5 Å². The average molecular weight is 404 g/mol. The Labute approximate surface area is 173 Å². The minimum absolute atomic E-state index is 0.265. The van der Waals surface area contributed by atoms with Gasteiger partial charge in [0, 0.05) is 18.2 Å². The fourth-order valence-corrected chi connectivity index (χ4v) is 2.72. The molecule has 0 saturated heterocycles. The molecule has 7 nitrogen and oxygen atoms in total. The molecule has 2 amide bonds. The number of carbonyl (C=O) groups is 3. The van der Waals surface area contributed by atoms with Gasteiger partial charge >= 0.3 is 5.97 Å². The van der Waals surface area contributed by atoms with Crippen molar-refractivity contribution in [2.24, 2.45) is 0 Å². The summed E-state index contributed by atoms with van der Waals surface area (Å²) >= 11 is 0. The van der Waals surface area contributed by atoms with Gasteiger partial charge in [-0.3, -0.25) is 14.4 Å². The van der Waals surface area contributed by atoms with E-state index in [1.54, 1.807) is 73.8 Å². The highest BCUT2D eigenvalue weighted by atomic mass is 16.5. The molecule has 3 rings (SSSR count). The number of esters is 1. The Balaban J connectivity index is 1.76. The molecular formula is C23H20N2O5. The molecule has 30 heavy (non-hydrogen) atoms. The molecule has 0 aliphatic heterocycles. The van der Waals surface area contributed by atoms with E-state index in [1.807, 2.05) is 0 Å². The normalized spacial score (nSPS) is 10.1. The molecule has 0 aliphatic rings. The van der Waals surface area contributed by atoms with E-state index in [4.69, 9.17) is 9.47 Å². The second-order valence-corrected chi connectivity index (χ2v) is 6.30. The lowest BCUT2D eigenvalue weighted by atomic mass is 10.1. The number of nitrogens with one attached hydrogen (secondary N) is 2. The molecule has 0 bridgehead atoms. The summed E-state index contributed by atoms with van der Waals surface area (Å²) in [6.45, 7) is 1.28. The van der Waals surface area contributed by atoms with Gasteiger partial charge in [-0.25, -0.2) is 0 Å². The monoisotopic (exact) mass is 404 g/mol. The predicted octanol–water partition coefficient (Wildman–Crippen LogP) is 4.13. The van der Waals surface area contributed by atoms with Crippen LogP contribution in [0.15, 0.2) is 72.8 Å². The van der Waals surface area contributed by atoms with Crippen LogP contribution in [0, 0.1) is 0 Å². The SMILES string of the molecule is COc1ccc(NC(=O)c2ccccc2NC(=O)c2cccc(OC(C)=O)c2)cc1. The van der Waals surface area contributed by atoms with Crippen LogP contribution in [-0.2, 0) is 4.79 Å². The molecule has 0 aliphatic carbocycles. The van der Waals surface area contributed by atoms with Crippen LogP contribution in [-0.4, -0.2) is 24.9 Å². The van der Waals surface area contributed by atoms with Crippen LogP contribution in [0.1, 0.15) is 27.6 Å². The van der Waals surface area contributed by atoms with E-state index in [1.165, 1.54) is 13.0 Å². The number of para-hydroxylation sites is 1. The number of benzene rings is 3. The second kappa shape index (κ2) is 9.38. The summed E-state index contributed by atoms with van der Waals surface area (Å²) in [4.78, 5) is 36.5. The average Bonchev–Trinajstić information content (AvgIpc) is 2.74. The van der Waals surface area contributed by atoms with Crippen LogP contribution < -0.4 is 20.1 Å². The maximum absolute atomic E-state index is 12.7. The molecule has 3 aromatic rings. The summed E-state index contributed by atoms with van der Waals surface area (Å²) in [5.41, 5.74) is 1.54. The minimum atomic E-state index is -0.479. The summed E-state index contributed by atoms with van der Waals surface area (Å²) in [5.74, 6) is -0.344. The van der Waals surface area contributed by atoms with E-state index in [0.717, 1.165) is 0 Å². The first-order chi connectivity index (χ1) is 14.5. The van der Waals surface area contributed by atoms with Crippen molar-refractivity contribution in [1.29, 1.82) is 0 Å². The Bertz CT molecular complexity index is 1080. The number of rotatable bonds is 6. The highest BCUT2D eigenvalue weighted by molar-refractivity contribution is 6.12. The molecule has 0 heterocycles. The van der Waals surface area contributed by atoms with E-state index >= 15 is 0 Å². The molecule has 3 aromatic carbocycles. The van der Waals surface area contributed by atoms with Gasteiger partial charge in [-0.15, -0.1) is 0 Å². The van der Waals surface area contributed by atoms with Gasteiger partial charge in [0.05, 0.1) is 18.4 Å². The van der Waals surface area contributed by atoms with Gasteiger partial charge in [-0.2, -0.15) is 0 Å². The Morgan fingerprint density at radius 2 is 1.50 bits per heavy atom. The number of amides is 2. The Hall–Kier alpha value is -4.13. The predicted molar refractivity (Wildman–Crippen MR) is 113 cm³/mol. The fourth-order valence-electron chi connectivity index (χ4n) is 2.72. The van der Waals surface area contributed by atoms with E-state index < -0.39 is 11.9 Å². The summed E-state index contributed by atoms with van der Waals surface area (Å²) in [5, 5.41) is 5.52. The first-order valence-electron chi connectivity index (χ1n) is 9.10. The molecule has 0 atom stereocenters. The molecule has 0 fully saturated rings. The van der Waals surface area contributed by atoms with Crippen molar-refractivity contribution in [3.05, 3.63) is 83.9 Å². The lowest BCUT2D eigenvalue weighted by Crippen LogP contribution is -2.18. The number of hydrogen-bond acceptors (Lipinski definition) is 5. The zero-order valence-corrected chi connectivity index (χ0v) is 16.5. The molecule has 0 aromatic heterocycles. The molecule has 152 valence electrons. The van der Waals surface area contributed by atoms with Crippen LogP contribution in [0.5, 0.6) is 11.5 Å². The number of carbonyl (C=O) groups excluding carboxylic acids is 3. The molecular weight excluding hydrogens is 384 g/mol. The summed E-state index contributed by atoms with van der Waals surface area (Å²) < 4.78 is 10.1. The Kier molecular flexibility index (Phi) is 6.44. The lowest BCUT2D eigenvalue weighted by molar-refractivity contribution is -0.131. The first kappa shape index (κ1) is 20.6. The highest BCUT2D eigenvalue weighted by Gasteiger charge is 2.15. The standard InChI is InChI=1S/C23H20N2O5/c1-15(26)30-19-7-5-6-16(14-19)22(27)25-21-9-4-3-8-20(21)23(28)24-17-10-12-18(29-2)13-11-17/h3-14H,1-2H3,(H,24,28)(H,25,27). The molecule has 0 saturated carbocycles. The van der Waals surface area contributed by atoms with Crippen molar-refractivity contribution in [1.82, 2.24) is 0 Å². The van der Waals surface area contributed by atoms with Gasteiger partial charge < -0.3 is 20.1 Å². The van der Waals surface area contributed by atoms with Crippen LogP contribution in [0.3, 0.4) is 0 Å². The largest absolute Gasteiger partial charge is 0.497 e. The van der Waals surface area contributed by atoms with Crippen LogP contribution >= 0.6 is 0 Å². The summed E-state index contributed by atoms with van der Waals surface area (Å²) in [7, 11) is 1.56. The van der Waals surface area contributed by atoms with Gasteiger partial charge in [0.1, 0.15) is 11.5 Å². The van der Waals surface area contributed by atoms with Gasteiger partial charge in [0.2, 0.25) is 0 Å². The second-order valence-electron chi connectivity index (χ2n) is 6.30. The van der Waals surface area contributed by atoms with Crippen LogP contribution in [0.4, 0.5) is 11.4 Å². The molecule has 0 unspecified atom stereocenters.